The monoisotopic (exact) mass is 446 g/mol. The van der Waals surface area contributed by atoms with Gasteiger partial charge in [0.1, 0.15) is 5.82 Å². The van der Waals surface area contributed by atoms with Crippen LogP contribution >= 0.6 is 0 Å². The molecule has 172 valence electrons. The van der Waals surface area contributed by atoms with Gasteiger partial charge >= 0.3 is 6.18 Å². The molecule has 2 saturated heterocycles. The van der Waals surface area contributed by atoms with Crippen LogP contribution in [0, 0.1) is 5.92 Å². The Morgan fingerprint density at radius 1 is 1.03 bits per heavy atom. The summed E-state index contributed by atoms with van der Waals surface area (Å²) in [7, 11) is 0. The molecule has 1 N–H and O–H groups in total. The fourth-order valence-corrected chi connectivity index (χ4v) is 4.64. The zero-order chi connectivity index (χ0) is 22.6. The first-order valence-corrected chi connectivity index (χ1v) is 11.3. The van der Waals surface area contributed by atoms with Gasteiger partial charge in [0.15, 0.2) is 0 Å². The predicted molar refractivity (Wildman–Crippen MR) is 117 cm³/mol. The van der Waals surface area contributed by atoms with Crippen molar-refractivity contribution in [1.29, 1.82) is 0 Å². The van der Waals surface area contributed by atoms with Gasteiger partial charge in [-0.3, -0.25) is 9.69 Å². The number of hydrogen-bond acceptors (Lipinski definition) is 4. The number of likely N-dealkylation sites (tertiary alicyclic amines) is 1. The third-order valence-corrected chi connectivity index (χ3v) is 6.50. The molecular weight excluding hydrogens is 417 g/mol. The molecule has 32 heavy (non-hydrogen) atoms. The number of nitrogens with one attached hydrogen (secondary N) is 1. The largest absolute Gasteiger partial charge is 0.417 e. The SMILES string of the molecule is O=C(NC[C@H](c1ccccc1)N1CCCC1)C1CCN(c2ccc(C(F)(F)F)cn2)CC1. The number of amides is 1. The van der Waals surface area contributed by atoms with Crippen molar-refractivity contribution in [2.45, 2.75) is 37.9 Å². The molecule has 1 amide bonds. The Bertz CT molecular complexity index is 874. The quantitative estimate of drug-likeness (QED) is 0.720. The number of pyridine rings is 1. The normalized spacial score (nSPS) is 19.2. The van der Waals surface area contributed by atoms with E-state index in [0.29, 0.717) is 38.3 Å². The molecule has 8 heteroatoms. The van der Waals surface area contributed by atoms with Gasteiger partial charge in [-0.25, -0.2) is 4.98 Å². The van der Waals surface area contributed by atoms with Crippen LogP contribution in [0.1, 0.15) is 42.9 Å². The standard InChI is InChI=1S/C24H29F3N4O/c25-24(26,27)20-8-9-22(28-16-20)31-14-10-19(11-15-31)23(32)29-17-21(30-12-4-5-13-30)18-6-2-1-3-7-18/h1-3,6-9,16,19,21H,4-5,10-15,17H2,(H,29,32)/t21-/m1/s1. The third-order valence-electron chi connectivity index (χ3n) is 6.50. The average Bonchev–Trinajstić information content (AvgIpc) is 3.34. The van der Waals surface area contributed by atoms with Gasteiger partial charge in [-0.2, -0.15) is 13.2 Å². The topological polar surface area (TPSA) is 48.5 Å². The molecule has 2 aliphatic rings. The van der Waals surface area contributed by atoms with Gasteiger partial charge in [0.2, 0.25) is 5.91 Å². The predicted octanol–water partition coefficient (Wildman–Crippen LogP) is 4.27. The molecule has 1 atom stereocenters. The smallest absolute Gasteiger partial charge is 0.357 e. The molecular formula is C24H29F3N4O. The minimum atomic E-state index is -4.39. The molecule has 0 saturated carbocycles. The Kier molecular flexibility index (Phi) is 6.98. The third kappa shape index (κ3) is 5.41. The van der Waals surface area contributed by atoms with E-state index in [9.17, 15) is 18.0 Å². The van der Waals surface area contributed by atoms with Crippen LogP contribution < -0.4 is 10.2 Å². The number of hydrogen-bond donors (Lipinski definition) is 1. The molecule has 5 nitrogen and oxygen atoms in total. The lowest BCUT2D eigenvalue weighted by molar-refractivity contribution is -0.137. The number of benzene rings is 1. The van der Waals surface area contributed by atoms with E-state index in [1.165, 1.54) is 24.5 Å². The number of halogens is 3. The molecule has 0 unspecified atom stereocenters. The summed E-state index contributed by atoms with van der Waals surface area (Å²) >= 11 is 0. The van der Waals surface area contributed by atoms with Crippen molar-refractivity contribution in [2.75, 3.05) is 37.6 Å². The minimum Gasteiger partial charge on any atom is -0.357 e. The van der Waals surface area contributed by atoms with E-state index < -0.39 is 11.7 Å². The van der Waals surface area contributed by atoms with Gasteiger partial charge in [0.25, 0.3) is 0 Å². The average molecular weight is 447 g/mol. The summed E-state index contributed by atoms with van der Waals surface area (Å²) in [6.07, 6.45) is 0.184. The van der Waals surface area contributed by atoms with Gasteiger partial charge < -0.3 is 10.2 Å². The summed E-state index contributed by atoms with van der Waals surface area (Å²) in [5.74, 6) is 0.496. The van der Waals surface area contributed by atoms with Gasteiger partial charge in [0.05, 0.1) is 11.6 Å². The van der Waals surface area contributed by atoms with E-state index in [2.05, 4.69) is 27.3 Å². The van der Waals surface area contributed by atoms with Gasteiger partial charge in [-0.15, -0.1) is 0 Å². The highest BCUT2D eigenvalue weighted by Gasteiger charge is 2.32. The number of alkyl halides is 3. The maximum absolute atomic E-state index is 12.9. The highest BCUT2D eigenvalue weighted by Crippen LogP contribution is 2.30. The lowest BCUT2D eigenvalue weighted by Crippen LogP contribution is -2.43. The summed E-state index contributed by atoms with van der Waals surface area (Å²) in [5.41, 5.74) is 0.472. The highest BCUT2D eigenvalue weighted by molar-refractivity contribution is 5.79. The minimum absolute atomic E-state index is 0.0603. The van der Waals surface area contributed by atoms with Crippen molar-refractivity contribution in [1.82, 2.24) is 15.2 Å². The van der Waals surface area contributed by atoms with E-state index in [-0.39, 0.29) is 17.9 Å². The number of aromatic nitrogens is 1. The Morgan fingerprint density at radius 2 is 1.72 bits per heavy atom. The molecule has 0 radical (unpaired) electrons. The fourth-order valence-electron chi connectivity index (χ4n) is 4.64. The highest BCUT2D eigenvalue weighted by atomic mass is 19.4. The number of nitrogens with zero attached hydrogens (tertiary/aromatic N) is 3. The molecule has 1 aromatic heterocycles. The Labute approximate surface area is 186 Å². The number of anilines is 1. The molecule has 0 bridgehead atoms. The maximum Gasteiger partial charge on any atom is 0.417 e. The second-order valence-corrected chi connectivity index (χ2v) is 8.58. The second-order valence-electron chi connectivity index (χ2n) is 8.58. The van der Waals surface area contributed by atoms with Crippen molar-refractivity contribution in [3.8, 4) is 0 Å². The van der Waals surface area contributed by atoms with E-state index in [1.54, 1.807) is 0 Å². The summed E-state index contributed by atoms with van der Waals surface area (Å²) in [4.78, 5) is 21.2. The van der Waals surface area contributed by atoms with Gasteiger partial charge in [-0.1, -0.05) is 30.3 Å². The Hall–Kier alpha value is -2.61. The van der Waals surface area contributed by atoms with Gasteiger partial charge in [-0.05, 0) is 56.5 Å². The van der Waals surface area contributed by atoms with E-state index in [4.69, 9.17) is 0 Å². The van der Waals surface area contributed by atoms with Crippen molar-refractivity contribution >= 4 is 11.7 Å². The Morgan fingerprint density at radius 3 is 2.31 bits per heavy atom. The molecule has 2 aromatic rings. The number of carbonyl (C=O) groups is 1. The van der Waals surface area contributed by atoms with Crippen molar-refractivity contribution < 1.29 is 18.0 Å². The molecule has 2 aliphatic heterocycles. The second kappa shape index (κ2) is 9.90. The summed E-state index contributed by atoms with van der Waals surface area (Å²) in [5, 5.41) is 3.17. The molecule has 1 aromatic carbocycles. The maximum atomic E-state index is 12.9. The Balaban J connectivity index is 1.30. The molecule has 4 rings (SSSR count). The number of piperidine rings is 1. The summed E-state index contributed by atoms with van der Waals surface area (Å²) in [6, 6.07) is 12.9. The first-order chi connectivity index (χ1) is 15.4. The molecule has 3 heterocycles. The molecule has 2 fully saturated rings. The number of rotatable bonds is 6. The lowest BCUT2D eigenvalue weighted by atomic mass is 9.95. The van der Waals surface area contributed by atoms with Crippen LogP contribution in [-0.4, -0.2) is 48.5 Å². The van der Waals surface area contributed by atoms with E-state index in [0.717, 1.165) is 25.4 Å². The fraction of sp³-hybridized carbons (Fsp3) is 0.500. The first-order valence-electron chi connectivity index (χ1n) is 11.3. The van der Waals surface area contributed by atoms with E-state index in [1.807, 2.05) is 23.1 Å². The van der Waals surface area contributed by atoms with Gasteiger partial charge in [0, 0.05) is 31.7 Å². The summed E-state index contributed by atoms with van der Waals surface area (Å²) in [6.45, 7) is 3.89. The van der Waals surface area contributed by atoms with E-state index >= 15 is 0 Å². The summed E-state index contributed by atoms with van der Waals surface area (Å²) < 4.78 is 38.2. The van der Waals surface area contributed by atoms with Crippen LogP contribution in [0.25, 0.3) is 0 Å². The van der Waals surface area contributed by atoms with Crippen molar-refractivity contribution in [3.05, 3.63) is 59.8 Å². The molecule has 0 aliphatic carbocycles. The van der Waals surface area contributed by atoms with Crippen LogP contribution in [-0.2, 0) is 11.0 Å². The van der Waals surface area contributed by atoms with Crippen LogP contribution in [0.5, 0.6) is 0 Å². The first kappa shape index (κ1) is 22.6. The van der Waals surface area contributed by atoms with Crippen LogP contribution in [0.4, 0.5) is 19.0 Å². The lowest BCUT2D eigenvalue weighted by Gasteiger charge is -2.33. The van der Waals surface area contributed by atoms with Crippen LogP contribution in [0.15, 0.2) is 48.7 Å². The van der Waals surface area contributed by atoms with Crippen molar-refractivity contribution in [3.63, 3.8) is 0 Å². The van der Waals surface area contributed by atoms with Crippen molar-refractivity contribution in [2.24, 2.45) is 5.92 Å². The van der Waals surface area contributed by atoms with Crippen LogP contribution in [0.2, 0.25) is 0 Å². The zero-order valence-corrected chi connectivity index (χ0v) is 18.0. The zero-order valence-electron chi connectivity index (χ0n) is 18.0. The molecule has 0 spiro atoms. The van der Waals surface area contributed by atoms with Crippen LogP contribution in [0.3, 0.4) is 0 Å². The number of carbonyl (C=O) groups excluding carboxylic acids is 1.